The molecule has 0 atom stereocenters. The predicted molar refractivity (Wildman–Crippen MR) is 164 cm³/mol. The third-order valence-corrected chi connectivity index (χ3v) is 9.25. The van der Waals surface area contributed by atoms with Gasteiger partial charge in [0.05, 0.1) is 19.8 Å². The van der Waals surface area contributed by atoms with Gasteiger partial charge in [-0.05, 0) is 83.1 Å². The zero-order chi connectivity index (χ0) is 30.0. The number of rotatable bonds is 25. The van der Waals surface area contributed by atoms with Crippen molar-refractivity contribution in [2.24, 2.45) is 0 Å². The molecule has 0 heterocycles. The summed E-state index contributed by atoms with van der Waals surface area (Å²) >= 11 is 0. The van der Waals surface area contributed by atoms with Crippen LogP contribution in [0.4, 0.5) is 4.79 Å². The van der Waals surface area contributed by atoms with E-state index in [4.69, 9.17) is 27.5 Å². The van der Waals surface area contributed by atoms with Crippen LogP contribution in [0.2, 0.25) is 6.04 Å². The quantitative estimate of drug-likeness (QED) is 0.0562. The fraction of sp³-hybridized carbons (Fsp3) is 0.677. The number of amides is 1. The van der Waals surface area contributed by atoms with Crippen molar-refractivity contribution in [2.45, 2.75) is 91.5 Å². The summed E-state index contributed by atoms with van der Waals surface area (Å²) in [5.74, 6) is 0.485. The monoisotopic (exact) mass is 595 g/mol. The van der Waals surface area contributed by atoms with Crippen molar-refractivity contribution < 1.29 is 37.1 Å². The summed E-state index contributed by atoms with van der Waals surface area (Å²) in [5, 5.41) is 2.77. The minimum atomic E-state index is -2.68. The summed E-state index contributed by atoms with van der Waals surface area (Å²) in [7, 11) is -2.68. The summed E-state index contributed by atoms with van der Waals surface area (Å²) in [4.78, 5) is 23.9. The number of alkyl carbamates (subject to hydrolysis) is 1. The Bertz CT molecular complexity index is 817. The van der Waals surface area contributed by atoms with Gasteiger partial charge < -0.3 is 32.8 Å². The van der Waals surface area contributed by atoms with Gasteiger partial charge in [-0.3, -0.25) is 0 Å². The molecule has 0 aliphatic carbocycles. The van der Waals surface area contributed by atoms with Crippen molar-refractivity contribution in [3.8, 4) is 5.75 Å². The van der Waals surface area contributed by atoms with E-state index in [1.54, 1.807) is 6.08 Å². The van der Waals surface area contributed by atoms with Gasteiger partial charge in [-0.25, -0.2) is 9.59 Å². The molecule has 234 valence electrons. The Morgan fingerprint density at radius 3 is 1.93 bits per heavy atom. The van der Waals surface area contributed by atoms with Gasteiger partial charge in [-0.15, -0.1) is 0 Å². The highest BCUT2D eigenvalue weighted by atomic mass is 28.4. The second-order valence-corrected chi connectivity index (χ2v) is 12.3. The van der Waals surface area contributed by atoms with Gasteiger partial charge in [0.1, 0.15) is 5.75 Å². The average molecular weight is 596 g/mol. The van der Waals surface area contributed by atoms with E-state index in [1.165, 1.54) is 25.3 Å². The number of carbonyl (C=O) groups is 2. The number of unbranched alkanes of at least 4 members (excludes halogenated alkanes) is 6. The number of hydrogen-bond acceptors (Lipinski definition) is 8. The Morgan fingerprint density at radius 1 is 0.732 bits per heavy atom. The van der Waals surface area contributed by atoms with E-state index in [1.807, 2.05) is 45.0 Å². The summed E-state index contributed by atoms with van der Waals surface area (Å²) in [6, 6.07) is 8.32. The third-order valence-electron chi connectivity index (χ3n) is 6.10. The molecule has 1 amide bonds. The van der Waals surface area contributed by atoms with Gasteiger partial charge >= 0.3 is 20.9 Å². The van der Waals surface area contributed by atoms with Crippen LogP contribution in [0.5, 0.6) is 5.75 Å². The molecule has 0 aliphatic rings. The highest BCUT2D eigenvalue weighted by Crippen LogP contribution is 2.18. The van der Waals surface area contributed by atoms with Crippen molar-refractivity contribution in [3.05, 3.63) is 35.9 Å². The van der Waals surface area contributed by atoms with Crippen molar-refractivity contribution in [1.29, 1.82) is 0 Å². The summed E-state index contributed by atoms with van der Waals surface area (Å²) in [6.45, 7) is 11.5. The molecule has 0 aromatic heterocycles. The summed E-state index contributed by atoms with van der Waals surface area (Å²) in [5.41, 5.74) is 0.917. The van der Waals surface area contributed by atoms with E-state index >= 15 is 0 Å². The average Bonchev–Trinajstić information content (AvgIpc) is 2.96. The Kier molecular flexibility index (Phi) is 21.6. The second kappa shape index (κ2) is 24.2. The van der Waals surface area contributed by atoms with Crippen molar-refractivity contribution in [3.63, 3.8) is 0 Å². The van der Waals surface area contributed by atoms with Crippen LogP contribution in [0.15, 0.2) is 30.3 Å². The van der Waals surface area contributed by atoms with E-state index in [2.05, 4.69) is 12.2 Å². The number of ether oxygens (including phenoxy) is 3. The molecule has 0 saturated carbocycles. The first-order valence-electron chi connectivity index (χ1n) is 15.4. The maximum Gasteiger partial charge on any atom is 0.500 e. The number of carbonyl (C=O) groups excluding carboxylic acids is 2. The maximum absolute atomic E-state index is 12.0. The van der Waals surface area contributed by atoms with Crippen molar-refractivity contribution in [1.82, 2.24) is 5.32 Å². The molecular weight excluding hydrogens is 542 g/mol. The highest BCUT2D eigenvalue weighted by Gasteiger charge is 2.39. The van der Waals surface area contributed by atoms with Crippen LogP contribution >= 0.6 is 0 Å². The van der Waals surface area contributed by atoms with Crippen LogP contribution in [0.25, 0.3) is 6.08 Å². The second-order valence-electron chi connectivity index (χ2n) is 9.54. The van der Waals surface area contributed by atoms with Crippen LogP contribution < -0.4 is 10.1 Å². The van der Waals surface area contributed by atoms with Crippen molar-refractivity contribution in [2.75, 3.05) is 46.2 Å². The first-order chi connectivity index (χ1) is 20.0. The van der Waals surface area contributed by atoms with E-state index in [0.717, 1.165) is 50.0 Å². The Balaban J connectivity index is 2.07. The van der Waals surface area contributed by atoms with Crippen LogP contribution in [0, 0.1) is 0 Å². The number of benzene rings is 1. The normalized spacial score (nSPS) is 11.5. The molecule has 0 bridgehead atoms. The van der Waals surface area contributed by atoms with Crippen LogP contribution in [-0.4, -0.2) is 67.1 Å². The fourth-order valence-corrected chi connectivity index (χ4v) is 6.66. The molecule has 0 unspecified atom stereocenters. The lowest BCUT2D eigenvalue weighted by molar-refractivity contribution is -0.137. The van der Waals surface area contributed by atoms with Crippen LogP contribution in [0.3, 0.4) is 0 Å². The van der Waals surface area contributed by atoms with Crippen LogP contribution in [0.1, 0.15) is 91.0 Å². The van der Waals surface area contributed by atoms with Crippen LogP contribution in [-0.2, 0) is 27.5 Å². The number of nitrogens with one attached hydrogen (secondary N) is 1. The van der Waals surface area contributed by atoms with Crippen molar-refractivity contribution >= 4 is 26.9 Å². The van der Waals surface area contributed by atoms with Gasteiger partial charge in [0, 0.05) is 38.5 Å². The molecule has 1 aromatic carbocycles. The fourth-order valence-electron chi connectivity index (χ4n) is 4.05. The van der Waals surface area contributed by atoms with Gasteiger partial charge in [-0.1, -0.05) is 38.3 Å². The SMILES string of the molecule is CCCCCCOc1ccc(/C=C/C(=O)OCCCCCCOC(=O)NCCC[Si](OCC)(OCC)OCC)cc1. The first-order valence-corrected chi connectivity index (χ1v) is 17.3. The van der Waals surface area contributed by atoms with E-state index in [-0.39, 0.29) is 5.97 Å². The molecule has 0 spiro atoms. The van der Waals surface area contributed by atoms with Gasteiger partial charge in [0.25, 0.3) is 0 Å². The molecule has 9 nitrogen and oxygen atoms in total. The molecule has 0 fully saturated rings. The maximum atomic E-state index is 12.0. The lowest BCUT2D eigenvalue weighted by Gasteiger charge is -2.28. The molecule has 1 rings (SSSR count). The summed E-state index contributed by atoms with van der Waals surface area (Å²) in [6.07, 6.45) is 11.5. The molecule has 41 heavy (non-hydrogen) atoms. The third kappa shape index (κ3) is 18.6. The van der Waals surface area contributed by atoms with Gasteiger partial charge in [0.2, 0.25) is 0 Å². The zero-order valence-electron chi connectivity index (χ0n) is 25.8. The lowest BCUT2D eigenvalue weighted by atomic mass is 10.2. The minimum Gasteiger partial charge on any atom is -0.494 e. The molecule has 0 saturated heterocycles. The largest absolute Gasteiger partial charge is 0.500 e. The standard InChI is InChI=1S/C31H53NO8Si/c1-5-9-10-13-24-35-29-20-17-28(18-21-29)19-22-30(33)36-25-14-11-12-15-26-37-31(34)32-23-16-27-41(38-6-2,39-7-3)40-8-4/h17-22H,5-16,23-27H2,1-4H3,(H,32,34)/b22-19+. The van der Waals surface area contributed by atoms with E-state index in [0.29, 0.717) is 52.0 Å². The number of hydrogen-bond donors (Lipinski definition) is 1. The molecule has 1 N–H and O–H groups in total. The van der Waals surface area contributed by atoms with E-state index in [9.17, 15) is 9.59 Å². The Labute approximate surface area is 248 Å². The van der Waals surface area contributed by atoms with Gasteiger partial charge in [-0.2, -0.15) is 0 Å². The Hall–Kier alpha value is -2.40. The smallest absolute Gasteiger partial charge is 0.494 e. The molecule has 10 heteroatoms. The first kappa shape index (κ1) is 36.6. The van der Waals surface area contributed by atoms with Gasteiger partial charge in [0.15, 0.2) is 0 Å². The molecule has 1 aromatic rings. The predicted octanol–water partition coefficient (Wildman–Crippen LogP) is 6.93. The zero-order valence-corrected chi connectivity index (χ0v) is 26.8. The van der Waals surface area contributed by atoms with E-state index < -0.39 is 14.9 Å². The minimum absolute atomic E-state index is 0.354. The lowest BCUT2D eigenvalue weighted by Crippen LogP contribution is -2.46. The number of esters is 1. The summed E-state index contributed by atoms with van der Waals surface area (Å²) < 4.78 is 33.7. The topological polar surface area (TPSA) is 102 Å². The highest BCUT2D eigenvalue weighted by molar-refractivity contribution is 6.60. The molecular formula is C31H53NO8Si. The Morgan fingerprint density at radius 2 is 1.32 bits per heavy atom. The molecule has 0 aliphatic heterocycles. The molecule has 0 radical (unpaired) electrons.